The molecule has 0 aliphatic carbocycles. The average molecular weight is 810 g/mol. The van der Waals surface area contributed by atoms with Gasteiger partial charge in [0.05, 0.1) is 48.8 Å². The topological polar surface area (TPSA) is 232 Å². The molecule has 58 heavy (non-hydrogen) atoms. The predicted molar refractivity (Wildman–Crippen MR) is 196 cm³/mol. The maximum atomic E-state index is 13.8. The quantitative estimate of drug-likeness (QED) is 0.109. The van der Waals surface area contributed by atoms with Gasteiger partial charge in [-0.15, -0.1) is 0 Å². The molecule has 3 aliphatic heterocycles. The molecule has 0 radical (unpaired) electrons. The summed E-state index contributed by atoms with van der Waals surface area (Å²) in [6.45, 7) is 5.34. The standard InChI is InChI=1S/C39H43N3O16/c1-6-39(27-16-29-31-25(15-24-9-7-8-10-28(24)41-31)17-42(29)35(47)26(27)18-53-37(39)48)58-38(49)40-11-12-50-13-14-51-36-34(56-23(5)46)33(55-22(4)45)32(54-21(3)44)30(57-36)19-52-20(2)43/h7-10,15-16,30,32-34,36H,6,11-14,17-19H2,1-5H3,(H,40,49)/t30-,32+,33+,34-,36-,39+/m1/s1. The smallest absolute Gasteiger partial charge is 0.408 e. The zero-order chi connectivity index (χ0) is 41.7. The molecule has 1 aromatic carbocycles. The Hall–Kier alpha value is -5.92. The fourth-order valence-electron chi connectivity index (χ4n) is 7.15. The molecule has 0 spiro atoms. The molecular formula is C39H43N3O16. The van der Waals surface area contributed by atoms with E-state index < -0.39 is 78.9 Å². The number of aromatic nitrogens is 2. The molecule has 310 valence electrons. The summed E-state index contributed by atoms with van der Waals surface area (Å²) < 4.78 is 51.2. The van der Waals surface area contributed by atoms with Gasteiger partial charge in [0, 0.05) is 50.8 Å². The van der Waals surface area contributed by atoms with Gasteiger partial charge in [0.1, 0.15) is 19.3 Å². The van der Waals surface area contributed by atoms with Gasteiger partial charge >= 0.3 is 35.9 Å². The highest BCUT2D eigenvalue weighted by molar-refractivity contribution is 5.88. The van der Waals surface area contributed by atoms with E-state index in [0.29, 0.717) is 11.4 Å². The van der Waals surface area contributed by atoms with Crippen molar-refractivity contribution in [2.45, 2.75) is 90.5 Å². The molecule has 1 N–H and O–H groups in total. The number of amides is 1. The molecule has 3 aliphatic rings. The minimum Gasteiger partial charge on any atom is -0.463 e. The number of benzene rings is 1. The Labute approximate surface area is 331 Å². The number of hydrogen-bond donors (Lipinski definition) is 1. The molecule has 6 atom stereocenters. The van der Waals surface area contributed by atoms with Gasteiger partial charge in [-0.3, -0.25) is 24.0 Å². The van der Waals surface area contributed by atoms with E-state index in [1.807, 2.05) is 30.3 Å². The third-order valence-electron chi connectivity index (χ3n) is 9.63. The number of pyridine rings is 2. The lowest BCUT2D eigenvalue weighted by atomic mass is 9.85. The monoisotopic (exact) mass is 809 g/mol. The molecule has 19 nitrogen and oxygen atoms in total. The largest absolute Gasteiger partial charge is 0.463 e. The number of carbonyl (C=O) groups is 6. The van der Waals surface area contributed by atoms with Crippen molar-refractivity contribution >= 4 is 46.8 Å². The van der Waals surface area contributed by atoms with E-state index in [1.165, 1.54) is 0 Å². The number of ether oxygens (including phenoxy) is 9. The molecule has 1 saturated heterocycles. The molecule has 19 heteroatoms. The van der Waals surface area contributed by atoms with Gasteiger partial charge in [-0.2, -0.15) is 0 Å². The lowest BCUT2D eigenvalue weighted by Gasteiger charge is -2.44. The van der Waals surface area contributed by atoms with Gasteiger partial charge in [-0.05, 0) is 24.6 Å². The number of nitrogens with one attached hydrogen (secondary N) is 1. The summed E-state index contributed by atoms with van der Waals surface area (Å²) >= 11 is 0. The number of fused-ring (bicyclic) bond motifs is 5. The number of carbonyl (C=O) groups excluding carboxylic acids is 6. The van der Waals surface area contributed by atoms with Crippen molar-refractivity contribution in [3.63, 3.8) is 0 Å². The number of cyclic esters (lactones) is 1. The van der Waals surface area contributed by atoms with E-state index in [-0.39, 0.29) is 62.6 Å². The van der Waals surface area contributed by atoms with E-state index in [2.05, 4.69) is 5.32 Å². The van der Waals surface area contributed by atoms with Gasteiger partial charge < -0.3 is 52.5 Å². The highest BCUT2D eigenvalue weighted by atomic mass is 16.7. The molecule has 6 rings (SSSR count). The Morgan fingerprint density at radius 3 is 2.31 bits per heavy atom. The molecule has 2 aromatic heterocycles. The summed E-state index contributed by atoms with van der Waals surface area (Å²) in [6.07, 6.45) is -7.69. The minimum absolute atomic E-state index is 0.0275. The summed E-state index contributed by atoms with van der Waals surface area (Å²) in [5.74, 6) is -3.82. The first-order chi connectivity index (χ1) is 27.7. The number of para-hydroxylation sites is 1. The average Bonchev–Trinajstić information content (AvgIpc) is 3.53. The lowest BCUT2D eigenvalue weighted by Crippen LogP contribution is -2.63. The minimum atomic E-state index is -1.91. The van der Waals surface area contributed by atoms with E-state index in [9.17, 15) is 33.6 Å². The normalized spacial score (nSPS) is 23.1. The Morgan fingerprint density at radius 2 is 1.60 bits per heavy atom. The van der Waals surface area contributed by atoms with Gasteiger partial charge in [-0.25, -0.2) is 14.6 Å². The number of esters is 5. The van der Waals surface area contributed by atoms with Crippen molar-refractivity contribution in [3.05, 3.63) is 63.4 Å². The van der Waals surface area contributed by atoms with Crippen molar-refractivity contribution in [2.24, 2.45) is 0 Å². The fraction of sp³-hybridized carbons (Fsp3) is 0.487. The molecule has 1 fully saturated rings. The molecule has 5 heterocycles. The van der Waals surface area contributed by atoms with Crippen LogP contribution < -0.4 is 10.9 Å². The zero-order valence-electron chi connectivity index (χ0n) is 32.4. The SMILES string of the molecule is CC[C@@]1(OC(=O)NCCOCCO[C@@H]2O[C@H](COC(C)=O)[C@H](OC(C)=O)[C@H](OC(C)=O)[C@H]2OC(C)=O)C(=O)OCc2c1cc1n(c2=O)Cc2cc3ccccc3nc2-1. The van der Waals surface area contributed by atoms with E-state index >= 15 is 0 Å². The first kappa shape index (κ1) is 41.7. The summed E-state index contributed by atoms with van der Waals surface area (Å²) in [5, 5.41) is 3.46. The van der Waals surface area contributed by atoms with Crippen LogP contribution in [0.4, 0.5) is 4.79 Å². The molecule has 3 aromatic rings. The highest BCUT2D eigenvalue weighted by Gasteiger charge is 2.53. The van der Waals surface area contributed by atoms with Gasteiger partial charge in [0.2, 0.25) is 5.60 Å². The first-order valence-electron chi connectivity index (χ1n) is 18.5. The molecular weight excluding hydrogens is 766 g/mol. The Morgan fingerprint density at radius 1 is 0.897 bits per heavy atom. The van der Waals surface area contributed by atoms with Gasteiger partial charge in [0.15, 0.2) is 24.6 Å². The van der Waals surface area contributed by atoms with Crippen molar-refractivity contribution < 1.29 is 71.4 Å². The molecule has 0 saturated carbocycles. The maximum Gasteiger partial charge on any atom is 0.408 e. The second kappa shape index (κ2) is 17.7. The highest BCUT2D eigenvalue weighted by Crippen LogP contribution is 2.41. The summed E-state index contributed by atoms with van der Waals surface area (Å²) in [4.78, 5) is 92.7. The summed E-state index contributed by atoms with van der Waals surface area (Å²) in [6, 6.07) is 11.2. The van der Waals surface area contributed by atoms with E-state index in [4.69, 9.17) is 47.6 Å². The van der Waals surface area contributed by atoms with Crippen molar-refractivity contribution in [3.8, 4) is 11.4 Å². The van der Waals surface area contributed by atoms with Crippen LogP contribution in [-0.2, 0) is 85.4 Å². The molecule has 1 amide bonds. The maximum absolute atomic E-state index is 13.8. The summed E-state index contributed by atoms with van der Waals surface area (Å²) in [7, 11) is 0. The van der Waals surface area contributed by atoms with Crippen LogP contribution in [0, 0.1) is 0 Å². The lowest BCUT2D eigenvalue weighted by molar-refractivity contribution is -0.309. The number of rotatable bonds is 14. The van der Waals surface area contributed by atoms with Crippen LogP contribution in [0.5, 0.6) is 0 Å². The predicted octanol–water partition coefficient (Wildman–Crippen LogP) is 1.93. The van der Waals surface area contributed by atoms with Crippen molar-refractivity contribution in [2.75, 3.05) is 33.0 Å². The van der Waals surface area contributed by atoms with E-state index in [0.717, 1.165) is 44.2 Å². The Bertz CT molecular complexity index is 2170. The molecule has 0 bridgehead atoms. The number of nitrogens with zero attached hydrogens (tertiary/aromatic N) is 2. The van der Waals surface area contributed by atoms with Crippen LogP contribution in [-0.4, -0.2) is 109 Å². The van der Waals surface area contributed by atoms with Crippen molar-refractivity contribution in [1.29, 1.82) is 0 Å². The second-order valence-corrected chi connectivity index (χ2v) is 13.6. The zero-order valence-corrected chi connectivity index (χ0v) is 32.4. The van der Waals surface area contributed by atoms with Crippen LogP contribution in [0.3, 0.4) is 0 Å². The second-order valence-electron chi connectivity index (χ2n) is 13.6. The number of alkyl carbamates (subject to hydrolysis) is 1. The third kappa shape index (κ3) is 8.80. The van der Waals surface area contributed by atoms with Crippen LogP contribution in [0.1, 0.15) is 57.7 Å². The van der Waals surface area contributed by atoms with Crippen LogP contribution in [0.25, 0.3) is 22.3 Å². The van der Waals surface area contributed by atoms with Crippen LogP contribution >= 0.6 is 0 Å². The van der Waals surface area contributed by atoms with Crippen molar-refractivity contribution in [1.82, 2.24) is 14.9 Å². The van der Waals surface area contributed by atoms with Crippen LogP contribution in [0.15, 0.2) is 41.2 Å². The van der Waals surface area contributed by atoms with E-state index in [1.54, 1.807) is 17.6 Å². The van der Waals surface area contributed by atoms with Gasteiger partial charge in [0.25, 0.3) is 5.56 Å². The summed E-state index contributed by atoms with van der Waals surface area (Å²) in [5.41, 5.74) is 0.837. The van der Waals surface area contributed by atoms with Crippen LogP contribution in [0.2, 0.25) is 0 Å². The fourth-order valence-corrected chi connectivity index (χ4v) is 7.15. The first-order valence-corrected chi connectivity index (χ1v) is 18.5. The molecule has 0 unspecified atom stereocenters. The Kier molecular flexibility index (Phi) is 12.7. The number of hydrogen-bond acceptors (Lipinski definition) is 17. The van der Waals surface area contributed by atoms with Gasteiger partial charge in [-0.1, -0.05) is 25.1 Å². The third-order valence-corrected chi connectivity index (χ3v) is 9.63. The Balaban J connectivity index is 1.07.